The van der Waals surface area contributed by atoms with Crippen molar-refractivity contribution in [2.45, 2.75) is 0 Å². The van der Waals surface area contributed by atoms with Gasteiger partial charge in [-0.05, 0) is 0 Å². The second-order valence-electron chi connectivity index (χ2n) is 1.07. The molecule has 3 amide bonds. The summed E-state index contributed by atoms with van der Waals surface area (Å²) < 4.78 is 0. The van der Waals surface area contributed by atoms with Gasteiger partial charge in [-0.3, -0.25) is 10.1 Å². The van der Waals surface area contributed by atoms with Crippen LogP contribution in [0.15, 0.2) is 0 Å². The molecule has 0 aromatic carbocycles. The summed E-state index contributed by atoms with van der Waals surface area (Å²) in [5.74, 6) is -0.794. The molecule has 0 unspecified atom stereocenters. The topological polar surface area (TPSA) is 92.4 Å². The van der Waals surface area contributed by atoms with E-state index in [2.05, 4.69) is 5.73 Å². The molecule has 6 heteroatoms. The van der Waals surface area contributed by atoms with Gasteiger partial charge in [0.1, 0.15) is 6.61 Å². The van der Waals surface area contributed by atoms with E-state index in [4.69, 9.17) is 5.11 Å². The van der Waals surface area contributed by atoms with E-state index in [1.54, 1.807) is 5.32 Å². The number of imide groups is 1. The maximum Gasteiger partial charge on any atom is 0.318 e. The van der Waals surface area contributed by atoms with Gasteiger partial charge in [-0.15, -0.1) is 0 Å². The number of nitrogens with two attached hydrogens (primary N) is 1. The Morgan fingerprint density at radius 1 is 1.56 bits per heavy atom. The molecule has 0 aromatic heterocycles. The molecule has 0 saturated heterocycles. The van der Waals surface area contributed by atoms with E-state index >= 15 is 0 Å². The standard InChI is InChI=1S/C3H6N2O3.Na/c4-3(8)5-2(7)1-6;/h6H,1H2,(H3,4,5,7,8);. The van der Waals surface area contributed by atoms with Crippen LogP contribution in [-0.2, 0) is 4.79 Å². The molecule has 9 heavy (non-hydrogen) atoms. The molecule has 47 valence electrons. The normalized spacial score (nSPS) is 7.22. The Balaban J connectivity index is 0. The summed E-state index contributed by atoms with van der Waals surface area (Å²) in [6.45, 7) is -0.719. The minimum Gasteiger partial charge on any atom is -0.387 e. The molecule has 0 spiro atoms. The van der Waals surface area contributed by atoms with Gasteiger partial charge in [-0.1, -0.05) is 0 Å². The van der Waals surface area contributed by atoms with Gasteiger partial charge < -0.3 is 10.8 Å². The number of carbonyl (C=O) groups is 2. The van der Waals surface area contributed by atoms with Crippen LogP contribution in [0, 0.1) is 0 Å². The second-order valence-corrected chi connectivity index (χ2v) is 1.07. The number of hydrogen-bond donors (Lipinski definition) is 3. The van der Waals surface area contributed by atoms with Crippen molar-refractivity contribution in [1.82, 2.24) is 5.32 Å². The third-order valence-electron chi connectivity index (χ3n) is 0.406. The predicted molar refractivity (Wildman–Crippen MR) is 30.6 cm³/mol. The number of aliphatic hydroxyl groups is 1. The summed E-state index contributed by atoms with van der Waals surface area (Å²) in [5.41, 5.74) is 4.49. The van der Waals surface area contributed by atoms with Gasteiger partial charge in [0.2, 0.25) is 0 Å². The molecular formula is C3H6N2NaO3. The molecule has 0 bridgehead atoms. The second kappa shape index (κ2) is 6.03. The molecule has 0 atom stereocenters. The van der Waals surface area contributed by atoms with Crippen molar-refractivity contribution < 1.29 is 14.7 Å². The number of amides is 3. The smallest absolute Gasteiger partial charge is 0.318 e. The molecule has 0 rings (SSSR count). The first-order valence-electron chi connectivity index (χ1n) is 1.87. The van der Waals surface area contributed by atoms with E-state index in [1.165, 1.54) is 0 Å². The van der Waals surface area contributed by atoms with E-state index in [0.29, 0.717) is 0 Å². The van der Waals surface area contributed by atoms with Crippen molar-refractivity contribution in [3.05, 3.63) is 0 Å². The first-order chi connectivity index (χ1) is 3.66. The third-order valence-corrected chi connectivity index (χ3v) is 0.406. The molecule has 1 radical (unpaired) electrons. The fourth-order valence-corrected chi connectivity index (χ4v) is 0.177. The number of carbonyl (C=O) groups excluding carboxylic acids is 2. The van der Waals surface area contributed by atoms with Crippen molar-refractivity contribution >= 4 is 41.5 Å². The molecule has 4 N–H and O–H groups in total. The Morgan fingerprint density at radius 2 is 2.00 bits per heavy atom. The van der Waals surface area contributed by atoms with Crippen LogP contribution >= 0.6 is 0 Å². The Labute approximate surface area is 73.9 Å². The molecule has 0 saturated carbocycles. The SMILES string of the molecule is NC(=O)NC(=O)CO.[Na]. The maximum absolute atomic E-state index is 9.96. The fraction of sp³-hybridized carbons (Fsp3) is 0.333. The van der Waals surface area contributed by atoms with Crippen LogP contribution in [0.2, 0.25) is 0 Å². The number of hydrogen-bond acceptors (Lipinski definition) is 3. The van der Waals surface area contributed by atoms with Crippen molar-refractivity contribution in [2.24, 2.45) is 5.73 Å². The van der Waals surface area contributed by atoms with E-state index in [9.17, 15) is 9.59 Å². The minimum absolute atomic E-state index is 0. The number of rotatable bonds is 1. The number of urea groups is 1. The maximum atomic E-state index is 9.96. The number of nitrogens with one attached hydrogen (secondary N) is 1. The Hall–Kier alpha value is -0.100. The van der Waals surface area contributed by atoms with Crippen LogP contribution < -0.4 is 11.1 Å². The van der Waals surface area contributed by atoms with Gasteiger partial charge in [0.25, 0.3) is 5.91 Å². The van der Waals surface area contributed by atoms with Crippen molar-refractivity contribution in [1.29, 1.82) is 0 Å². The van der Waals surface area contributed by atoms with Crippen LogP contribution in [0.3, 0.4) is 0 Å². The average molecular weight is 141 g/mol. The van der Waals surface area contributed by atoms with Crippen LogP contribution in [0.5, 0.6) is 0 Å². The molecule has 0 aliphatic carbocycles. The van der Waals surface area contributed by atoms with E-state index in [-0.39, 0.29) is 29.6 Å². The Morgan fingerprint density at radius 3 is 2.11 bits per heavy atom. The van der Waals surface area contributed by atoms with Crippen molar-refractivity contribution in [3.8, 4) is 0 Å². The zero-order chi connectivity index (χ0) is 6.57. The first kappa shape index (κ1) is 11.7. The largest absolute Gasteiger partial charge is 0.387 e. The van der Waals surface area contributed by atoms with Crippen molar-refractivity contribution in [2.75, 3.05) is 6.61 Å². The fourth-order valence-electron chi connectivity index (χ4n) is 0.177. The van der Waals surface area contributed by atoms with Gasteiger partial charge in [0, 0.05) is 29.6 Å². The molecule has 0 aromatic rings. The Bertz CT molecular complexity index is 116. The summed E-state index contributed by atoms with van der Waals surface area (Å²) in [4.78, 5) is 19.7. The Kier molecular flexibility index (Phi) is 7.81. The molecule has 0 heterocycles. The molecule has 0 fully saturated rings. The van der Waals surface area contributed by atoms with Gasteiger partial charge in [-0.2, -0.15) is 0 Å². The van der Waals surface area contributed by atoms with Crippen LogP contribution in [-0.4, -0.2) is 53.2 Å². The van der Waals surface area contributed by atoms with Crippen LogP contribution in [0.4, 0.5) is 4.79 Å². The molecule has 0 aliphatic rings. The number of aliphatic hydroxyl groups excluding tert-OH is 1. The minimum atomic E-state index is -0.955. The number of primary amides is 1. The monoisotopic (exact) mass is 141 g/mol. The summed E-state index contributed by atoms with van der Waals surface area (Å²) in [6.07, 6.45) is 0. The zero-order valence-electron chi connectivity index (χ0n) is 5.05. The zero-order valence-corrected chi connectivity index (χ0v) is 7.05. The summed E-state index contributed by atoms with van der Waals surface area (Å²) >= 11 is 0. The quantitative estimate of drug-likeness (QED) is 0.361. The van der Waals surface area contributed by atoms with E-state index in [0.717, 1.165) is 0 Å². The molecule has 0 aliphatic heterocycles. The van der Waals surface area contributed by atoms with E-state index in [1.807, 2.05) is 0 Å². The predicted octanol–water partition coefficient (Wildman–Crippen LogP) is -2.21. The molecule has 5 nitrogen and oxygen atoms in total. The van der Waals surface area contributed by atoms with Gasteiger partial charge in [-0.25, -0.2) is 4.79 Å². The van der Waals surface area contributed by atoms with Crippen LogP contribution in [0.25, 0.3) is 0 Å². The first-order valence-corrected chi connectivity index (χ1v) is 1.87. The molecular weight excluding hydrogens is 135 g/mol. The summed E-state index contributed by atoms with van der Waals surface area (Å²) in [5, 5.41) is 9.61. The van der Waals surface area contributed by atoms with Crippen LogP contribution in [0.1, 0.15) is 0 Å². The van der Waals surface area contributed by atoms with Crippen molar-refractivity contribution in [3.63, 3.8) is 0 Å². The third kappa shape index (κ3) is 7.90. The summed E-state index contributed by atoms with van der Waals surface area (Å²) in [7, 11) is 0. The van der Waals surface area contributed by atoms with Gasteiger partial charge >= 0.3 is 6.03 Å². The van der Waals surface area contributed by atoms with Gasteiger partial charge in [0.15, 0.2) is 0 Å². The average Bonchev–Trinajstić information content (AvgIpc) is 1.65. The van der Waals surface area contributed by atoms with Gasteiger partial charge in [0.05, 0.1) is 0 Å². The summed E-state index contributed by atoms with van der Waals surface area (Å²) in [6, 6.07) is -0.955. The van der Waals surface area contributed by atoms with E-state index < -0.39 is 18.5 Å².